The first kappa shape index (κ1) is 20.5. The average molecular weight is 391 g/mol. The van der Waals surface area contributed by atoms with Crippen LogP contribution in [0.25, 0.3) is 0 Å². The molecular weight excluding hydrogens is 374 g/mol. The quantitative estimate of drug-likeness (QED) is 0.527. The predicted octanol–water partition coefficient (Wildman–Crippen LogP) is 1.90. The van der Waals surface area contributed by atoms with Gasteiger partial charge in [-0.2, -0.15) is 0 Å². The molecule has 1 aromatic carbocycles. The van der Waals surface area contributed by atoms with E-state index in [4.69, 9.17) is 4.42 Å². The molecule has 148 valence electrons. The Morgan fingerprint density at radius 2 is 1.75 bits per heavy atom. The van der Waals surface area contributed by atoms with Gasteiger partial charge in [0.1, 0.15) is 6.26 Å². The smallest absolute Gasteiger partial charge is 0.277 e. The van der Waals surface area contributed by atoms with E-state index in [9.17, 15) is 29.8 Å². The summed E-state index contributed by atoms with van der Waals surface area (Å²) in [5, 5.41) is 24.5. The minimum absolute atomic E-state index is 0.0475. The topological polar surface area (TPSA) is 162 Å². The second-order valence-electron chi connectivity index (χ2n) is 5.56. The van der Waals surface area contributed by atoms with Gasteiger partial charge in [-0.25, -0.2) is 4.98 Å². The highest BCUT2D eigenvalue weighted by atomic mass is 16.6. The summed E-state index contributed by atoms with van der Waals surface area (Å²) in [5.41, 5.74) is -1.30. The molecule has 2 rings (SSSR count). The molecule has 0 saturated heterocycles. The standard InChI is InChI=1S/C16H17N5O7/c1-3-17-15(22)13-9-28-14(18-13)8-19(4-2)16(23)10-5-11(20(24)25)7-12(6-10)21(26)27/h5-7,9H,3-4,8H2,1-2H3,(H,17,22). The van der Waals surface area contributed by atoms with Crippen LogP contribution in [0.1, 0.15) is 40.6 Å². The van der Waals surface area contributed by atoms with Crippen LogP contribution >= 0.6 is 0 Å². The Hall–Kier alpha value is -3.83. The van der Waals surface area contributed by atoms with Gasteiger partial charge in [-0.05, 0) is 13.8 Å². The van der Waals surface area contributed by atoms with Crippen LogP contribution in [0.3, 0.4) is 0 Å². The van der Waals surface area contributed by atoms with Crippen LogP contribution in [-0.4, -0.2) is 44.6 Å². The van der Waals surface area contributed by atoms with Gasteiger partial charge in [0.25, 0.3) is 23.2 Å². The molecule has 0 aliphatic rings. The van der Waals surface area contributed by atoms with Crippen LogP contribution in [0, 0.1) is 20.2 Å². The van der Waals surface area contributed by atoms with E-state index in [0.29, 0.717) is 6.54 Å². The third-order valence-electron chi connectivity index (χ3n) is 3.69. The van der Waals surface area contributed by atoms with Crippen LogP contribution in [0.2, 0.25) is 0 Å². The van der Waals surface area contributed by atoms with Crippen LogP contribution in [-0.2, 0) is 6.54 Å². The summed E-state index contributed by atoms with van der Waals surface area (Å²) in [6.07, 6.45) is 1.15. The first-order valence-electron chi connectivity index (χ1n) is 8.22. The molecule has 2 aromatic rings. The summed E-state index contributed by atoms with van der Waals surface area (Å²) < 4.78 is 5.19. The summed E-state index contributed by atoms with van der Waals surface area (Å²) in [7, 11) is 0. The molecule has 0 aliphatic heterocycles. The fourth-order valence-electron chi connectivity index (χ4n) is 2.34. The van der Waals surface area contributed by atoms with Gasteiger partial charge in [0.2, 0.25) is 5.89 Å². The summed E-state index contributed by atoms with van der Waals surface area (Å²) >= 11 is 0. The van der Waals surface area contributed by atoms with Gasteiger partial charge in [-0.1, -0.05) is 0 Å². The molecule has 12 heteroatoms. The first-order valence-corrected chi connectivity index (χ1v) is 8.22. The van der Waals surface area contributed by atoms with Gasteiger partial charge >= 0.3 is 0 Å². The zero-order chi connectivity index (χ0) is 20.8. The van der Waals surface area contributed by atoms with Crippen molar-refractivity contribution in [2.75, 3.05) is 13.1 Å². The Balaban J connectivity index is 2.27. The molecule has 0 spiro atoms. The molecule has 2 amide bonds. The number of carbonyl (C=O) groups excluding carboxylic acids is 2. The molecule has 1 heterocycles. The van der Waals surface area contributed by atoms with Crippen molar-refractivity contribution in [3.05, 3.63) is 61.8 Å². The second kappa shape index (κ2) is 8.70. The average Bonchev–Trinajstić information content (AvgIpc) is 3.14. The van der Waals surface area contributed by atoms with Gasteiger partial charge in [0.05, 0.1) is 28.0 Å². The predicted molar refractivity (Wildman–Crippen MR) is 94.7 cm³/mol. The number of nitro benzene ring substituents is 2. The number of hydrogen-bond acceptors (Lipinski definition) is 8. The highest BCUT2D eigenvalue weighted by Gasteiger charge is 2.24. The monoisotopic (exact) mass is 391 g/mol. The minimum Gasteiger partial charge on any atom is -0.446 e. The van der Waals surface area contributed by atoms with Crippen LogP contribution < -0.4 is 5.32 Å². The molecule has 0 aliphatic carbocycles. The maximum Gasteiger partial charge on any atom is 0.277 e. The lowest BCUT2D eigenvalue weighted by Crippen LogP contribution is -2.30. The molecule has 0 radical (unpaired) electrons. The van der Waals surface area contributed by atoms with E-state index in [-0.39, 0.29) is 30.2 Å². The minimum atomic E-state index is -0.813. The van der Waals surface area contributed by atoms with Gasteiger partial charge in [0, 0.05) is 25.2 Å². The number of rotatable bonds is 8. The highest BCUT2D eigenvalue weighted by Crippen LogP contribution is 2.24. The van der Waals surface area contributed by atoms with Gasteiger partial charge in [-0.15, -0.1) is 0 Å². The molecule has 0 saturated carbocycles. The third kappa shape index (κ3) is 4.66. The summed E-state index contributed by atoms with van der Waals surface area (Å²) in [6, 6.07) is 2.71. The number of nitro groups is 2. The lowest BCUT2D eigenvalue weighted by molar-refractivity contribution is -0.394. The Morgan fingerprint density at radius 3 is 2.25 bits per heavy atom. The van der Waals surface area contributed by atoms with E-state index < -0.39 is 33.0 Å². The molecule has 12 nitrogen and oxygen atoms in total. The lowest BCUT2D eigenvalue weighted by atomic mass is 10.1. The fourth-order valence-corrected chi connectivity index (χ4v) is 2.34. The van der Waals surface area contributed by atoms with Crippen molar-refractivity contribution in [1.82, 2.24) is 15.2 Å². The van der Waals surface area contributed by atoms with E-state index in [1.165, 1.54) is 4.90 Å². The van der Waals surface area contributed by atoms with Crippen molar-refractivity contribution in [2.24, 2.45) is 0 Å². The van der Waals surface area contributed by atoms with Crippen LogP contribution in [0.15, 0.2) is 28.9 Å². The molecule has 0 atom stereocenters. The largest absolute Gasteiger partial charge is 0.446 e. The maximum absolute atomic E-state index is 12.7. The number of carbonyl (C=O) groups is 2. The Bertz CT molecular complexity index is 892. The SMILES string of the molecule is CCNC(=O)c1coc(CN(CC)C(=O)c2cc([N+](=O)[O-])cc([N+](=O)[O-])c2)n1. The number of benzene rings is 1. The van der Waals surface area contributed by atoms with E-state index in [1.54, 1.807) is 13.8 Å². The Kier molecular flexibility index (Phi) is 6.37. The highest BCUT2D eigenvalue weighted by molar-refractivity contribution is 5.95. The second-order valence-corrected chi connectivity index (χ2v) is 5.56. The Morgan fingerprint density at radius 1 is 1.14 bits per heavy atom. The van der Waals surface area contributed by atoms with E-state index in [1.807, 2.05) is 0 Å². The fraction of sp³-hybridized carbons (Fsp3) is 0.312. The molecular formula is C16H17N5O7. The van der Waals surface area contributed by atoms with Crippen molar-refractivity contribution in [1.29, 1.82) is 0 Å². The molecule has 0 fully saturated rings. The van der Waals surface area contributed by atoms with Crippen molar-refractivity contribution in [3.63, 3.8) is 0 Å². The zero-order valence-electron chi connectivity index (χ0n) is 15.1. The number of oxazole rings is 1. The number of aromatic nitrogens is 1. The number of non-ortho nitro benzene ring substituents is 2. The van der Waals surface area contributed by atoms with E-state index in [0.717, 1.165) is 24.5 Å². The van der Waals surface area contributed by atoms with Crippen LogP contribution in [0.5, 0.6) is 0 Å². The molecule has 0 bridgehead atoms. The molecule has 1 aromatic heterocycles. The molecule has 28 heavy (non-hydrogen) atoms. The summed E-state index contributed by atoms with van der Waals surface area (Å²) in [4.78, 5) is 50.0. The third-order valence-corrected chi connectivity index (χ3v) is 3.69. The normalized spacial score (nSPS) is 10.4. The summed E-state index contributed by atoms with van der Waals surface area (Å²) in [6.45, 7) is 3.86. The number of nitrogens with one attached hydrogen (secondary N) is 1. The first-order chi connectivity index (χ1) is 13.3. The van der Waals surface area contributed by atoms with Crippen molar-refractivity contribution in [2.45, 2.75) is 20.4 Å². The number of amides is 2. The molecule has 0 unspecified atom stereocenters. The molecule has 1 N–H and O–H groups in total. The van der Waals surface area contributed by atoms with Gasteiger partial charge in [-0.3, -0.25) is 29.8 Å². The van der Waals surface area contributed by atoms with Crippen molar-refractivity contribution < 1.29 is 23.9 Å². The summed E-state index contributed by atoms with van der Waals surface area (Å²) in [5.74, 6) is -1.02. The lowest BCUT2D eigenvalue weighted by Gasteiger charge is -2.19. The number of nitrogens with zero attached hydrogens (tertiary/aromatic N) is 4. The van der Waals surface area contributed by atoms with Gasteiger partial charge < -0.3 is 14.6 Å². The van der Waals surface area contributed by atoms with Crippen molar-refractivity contribution in [3.8, 4) is 0 Å². The Labute approximate surface area is 158 Å². The van der Waals surface area contributed by atoms with E-state index >= 15 is 0 Å². The van der Waals surface area contributed by atoms with Gasteiger partial charge in [0.15, 0.2) is 5.69 Å². The van der Waals surface area contributed by atoms with Crippen molar-refractivity contribution >= 4 is 23.2 Å². The van der Waals surface area contributed by atoms with Crippen LogP contribution in [0.4, 0.5) is 11.4 Å². The maximum atomic E-state index is 12.7. The van der Waals surface area contributed by atoms with E-state index in [2.05, 4.69) is 10.3 Å². The zero-order valence-corrected chi connectivity index (χ0v) is 15.1. The number of hydrogen-bond donors (Lipinski definition) is 1.